The highest BCUT2D eigenvalue weighted by atomic mass is 35.5. The van der Waals surface area contributed by atoms with Crippen molar-refractivity contribution in [2.45, 2.75) is 26.2 Å². The number of rotatable bonds is 3. The van der Waals surface area contributed by atoms with Gasteiger partial charge in [0, 0.05) is 34.6 Å². The first-order chi connectivity index (χ1) is 12.3. The van der Waals surface area contributed by atoms with E-state index in [1.165, 1.54) is 12.1 Å². The number of aromatic nitrogens is 3. The molecule has 0 radical (unpaired) electrons. The van der Waals surface area contributed by atoms with E-state index in [9.17, 15) is 4.79 Å². The van der Waals surface area contributed by atoms with Crippen molar-refractivity contribution >= 4 is 17.6 Å². The molecule has 0 saturated heterocycles. The summed E-state index contributed by atoms with van der Waals surface area (Å²) >= 11 is 6.26. The molecular weight excluding hydrogens is 350 g/mol. The molecule has 1 aromatic carbocycles. The van der Waals surface area contributed by atoms with Crippen molar-refractivity contribution in [3.8, 4) is 22.6 Å². The predicted molar refractivity (Wildman–Crippen MR) is 101 cm³/mol. The molecular formula is C20H18ClN3O2. The van der Waals surface area contributed by atoms with Gasteiger partial charge in [-0.2, -0.15) is 0 Å². The topological polar surface area (TPSA) is 76.0 Å². The van der Waals surface area contributed by atoms with Crippen LogP contribution in [-0.4, -0.2) is 26.0 Å². The van der Waals surface area contributed by atoms with E-state index in [0.717, 1.165) is 11.3 Å². The summed E-state index contributed by atoms with van der Waals surface area (Å²) in [5, 5.41) is 9.40. The number of pyridine rings is 1. The van der Waals surface area contributed by atoms with Gasteiger partial charge in [-0.3, -0.25) is 4.98 Å². The number of hydrogen-bond acceptors (Lipinski definition) is 4. The number of aromatic carboxylic acids is 1. The second-order valence-corrected chi connectivity index (χ2v) is 7.35. The van der Waals surface area contributed by atoms with E-state index in [-0.39, 0.29) is 11.0 Å². The van der Waals surface area contributed by atoms with E-state index < -0.39 is 5.97 Å². The third-order valence-corrected chi connectivity index (χ3v) is 4.25. The van der Waals surface area contributed by atoms with E-state index in [1.807, 2.05) is 12.1 Å². The van der Waals surface area contributed by atoms with E-state index in [1.54, 1.807) is 24.5 Å². The maximum absolute atomic E-state index is 11.1. The average Bonchev–Trinajstić information content (AvgIpc) is 2.61. The van der Waals surface area contributed by atoms with Crippen LogP contribution in [0.3, 0.4) is 0 Å². The first-order valence-electron chi connectivity index (χ1n) is 8.09. The summed E-state index contributed by atoms with van der Waals surface area (Å²) < 4.78 is 0. The number of carbonyl (C=O) groups is 1. The molecule has 132 valence electrons. The Morgan fingerprint density at radius 3 is 2.42 bits per heavy atom. The lowest BCUT2D eigenvalue weighted by molar-refractivity contribution is 0.0697. The van der Waals surface area contributed by atoms with Gasteiger partial charge in [0.2, 0.25) is 0 Å². The van der Waals surface area contributed by atoms with Gasteiger partial charge in [-0.15, -0.1) is 0 Å². The standard InChI is InChI=1S/C20H18ClN3O2/c1-20(2,3)17-11-12(6-8-22-17)18-23-9-7-16(24-18)14-5-4-13(19(25)26)10-15(14)21/h4-11H,1-3H3,(H,25,26). The van der Waals surface area contributed by atoms with E-state index in [0.29, 0.717) is 22.1 Å². The molecule has 6 heteroatoms. The molecule has 0 amide bonds. The molecule has 2 heterocycles. The minimum atomic E-state index is -1.02. The van der Waals surface area contributed by atoms with Gasteiger partial charge in [0.25, 0.3) is 0 Å². The lowest BCUT2D eigenvalue weighted by Crippen LogP contribution is -2.13. The van der Waals surface area contributed by atoms with Crippen molar-refractivity contribution in [2.75, 3.05) is 0 Å². The van der Waals surface area contributed by atoms with Crippen LogP contribution in [0.2, 0.25) is 5.02 Å². The van der Waals surface area contributed by atoms with Crippen molar-refractivity contribution in [3.63, 3.8) is 0 Å². The average molecular weight is 368 g/mol. The van der Waals surface area contributed by atoms with Crippen LogP contribution < -0.4 is 0 Å². The zero-order valence-electron chi connectivity index (χ0n) is 14.7. The van der Waals surface area contributed by atoms with Gasteiger partial charge in [-0.25, -0.2) is 14.8 Å². The first-order valence-corrected chi connectivity index (χ1v) is 8.46. The Labute approximate surface area is 156 Å². The number of carboxylic acid groups (broad SMARTS) is 1. The van der Waals surface area contributed by atoms with Crippen LogP contribution in [-0.2, 0) is 5.41 Å². The fourth-order valence-electron chi connectivity index (χ4n) is 2.48. The Morgan fingerprint density at radius 2 is 1.77 bits per heavy atom. The second-order valence-electron chi connectivity index (χ2n) is 6.95. The molecule has 0 aliphatic rings. The Hall–Kier alpha value is -2.79. The monoisotopic (exact) mass is 367 g/mol. The van der Waals surface area contributed by atoms with Crippen molar-refractivity contribution in [1.29, 1.82) is 0 Å². The zero-order chi connectivity index (χ0) is 18.9. The Kier molecular flexibility index (Phi) is 4.74. The van der Waals surface area contributed by atoms with Gasteiger partial charge < -0.3 is 5.11 Å². The van der Waals surface area contributed by atoms with Crippen molar-refractivity contribution in [2.24, 2.45) is 0 Å². The molecule has 3 aromatic rings. The second kappa shape index (κ2) is 6.84. The quantitative estimate of drug-likeness (QED) is 0.715. The summed E-state index contributed by atoms with van der Waals surface area (Å²) in [7, 11) is 0. The van der Waals surface area contributed by atoms with Crippen LogP contribution >= 0.6 is 11.6 Å². The maximum Gasteiger partial charge on any atom is 0.335 e. The molecule has 26 heavy (non-hydrogen) atoms. The van der Waals surface area contributed by atoms with Crippen LogP contribution in [0, 0.1) is 0 Å². The van der Waals surface area contributed by atoms with Crippen molar-refractivity contribution in [3.05, 3.63) is 65.1 Å². The number of hydrogen-bond donors (Lipinski definition) is 1. The first kappa shape index (κ1) is 18.0. The highest BCUT2D eigenvalue weighted by Crippen LogP contribution is 2.29. The van der Waals surface area contributed by atoms with Crippen LogP contribution in [0.5, 0.6) is 0 Å². The highest BCUT2D eigenvalue weighted by molar-refractivity contribution is 6.33. The summed E-state index contributed by atoms with van der Waals surface area (Å²) in [4.78, 5) is 24.4. The van der Waals surface area contributed by atoms with Gasteiger partial charge in [0.15, 0.2) is 5.82 Å². The number of halogens is 1. The third kappa shape index (κ3) is 3.73. The predicted octanol–water partition coefficient (Wildman–Crippen LogP) is 4.85. The SMILES string of the molecule is CC(C)(C)c1cc(-c2nccc(-c3ccc(C(=O)O)cc3Cl)n2)ccn1. The highest BCUT2D eigenvalue weighted by Gasteiger charge is 2.17. The Morgan fingerprint density at radius 1 is 1.04 bits per heavy atom. The fourth-order valence-corrected chi connectivity index (χ4v) is 2.76. The zero-order valence-corrected chi connectivity index (χ0v) is 15.4. The summed E-state index contributed by atoms with van der Waals surface area (Å²) in [6, 6.07) is 10.2. The van der Waals surface area contributed by atoms with E-state index in [4.69, 9.17) is 16.7 Å². The van der Waals surface area contributed by atoms with Gasteiger partial charge >= 0.3 is 5.97 Å². The van der Waals surface area contributed by atoms with Crippen LogP contribution in [0.25, 0.3) is 22.6 Å². The minimum Gasteiger partial charge on any atom is -0.478 e. The van der Waals surface area contributed by atoms with Gasteiger partial charge in [-0.05, 0) is 30.3 Å². The Bertz CT molecular complexity index is 981. The third-order valence-electron chi connectivity index (χ3n) is 3.93. The van der Waals surface area contributed by atoms with Crippen molar-refractivity contribution in [1.82, 2.24) is 15.0 Å². The van der Waals surface area contributed by atoms with Crippen LogP contribution in [0.15, 0.2) is 48.8 Å². The molecule has 0 saturated carbocycles. The van der Waals surface area contributed by atoms with Crippen molar-refractivity contribution < 1.29 is 9.90 Å². The Balaban J connectivity index is 2.03. The molecule has 0 atom stereocenters. The summed E-state index contributed by atoms with van der Waals surface area (Å²) in [6.07, 6.45) is 3.41. The number of benzene rings is 1. The fraction of sp³-hybridized carbons (Fsp3) is 0.200. The summed E-state index contributed by atoms with van der Waals surface area (Å²) in [6.45, 7) is 6.29. The van der Waals surface area contributed by atoms with Crippen LogP contribution in [0.1, 0.15) is 36.8 Å². The molecule has 2 aromatic heterocycles. The molecule has 5 nitrogen and oxygen atoms in total. The van der Waals surface area contributed by atoms with Gasteiger partial charge in [0.05, 0.1) is 16.3 Å². The minimum absolute atomic E-state index is 0.0798. The summed E-state index contributed by atoms with van der Waals surface area (Å²) in [5.74, 6) is -0.456. The molecule has 0 spiro atoms. The molecule has 0 bridgehead atoms. The molecule has 3 rings (SSSR count). The molecule has 0 aliphatic carbocycles. The smallest absolute Gasteiger partial charge is 0.335 e. The molecule has 0 unspecified atom stereocenters. The van der Waals surface area contributed by atoms with E-state index in [2.05, 4.69) is 35.7 Å². The maximum atomic E-state index is 11.1. The van der Waals surface area contributed by atoms with Gasteiger partial charge in [0.1, 0.15) is 0 Å². The molecule has 0 aliphatic heterocycles. The normalized spacial score (nSPS) is 11.4. The van der Waals surface area contributed by atoms with Gasteiger partial charge in [-0.1, -0.05) is 38.4 Å². The lowest BCUT2D eigenvalue weighted by atomic mass is 9.91. The summed E-state index contributed by atoms with van der Waals surface area (Å²) in [5.41, 5.74) is 3.16. The lowest BCUT2D eigenvalue weighted by Gasteiger charge is -2.18. The number of carboxylic acids is 1. The van der Waals surface area contributed by atoms with E-state index >= 15 is 0 Å². The van der Waals surface area contributed by atoms with Crippen LogP contribution in [0.4, 0.5) is 0 Å². The molecule has 1 N–H and O–H groups in total. The molecule has 0 fully saturated rings. The largest absolute Gasteiger partial charge is 0.478 e. The number of nitrogens with zero attached hydrogens (tertiary/aromatic N) is 3.